The lowest BCUT2D eigenvalue weighted by Gasteiger charge is -2.18. The smallest absolute Gasteiger partial charge is 0.161 e. The first-order valence-electron chi connectivity index (χ1n) is 12.2. The number of hydrogen-bond acceptors (Lipinski definition) is 6. The van der Waals surface area contributed by atoms with E-state index < -0.39 is 0 Å². The maximum atomic E-state index is 11.1. The highest BCUT2D eigenvalue weighted by atomic mass is 16.5. The third-order valence-corrected chi connectivity index (χ3v) is 6.60. The first-order chi connectivity index (χ1) is 18.5. The second kappa shape index (κ2) is 12.1. The fourth-order valence-corrected chi connectivity index (χ4v) is 4.33. The van der Waals surface area contributed by atoms with Gasteiger partial charge in [-0.15, -0.1) is 0 Å². The first-order valence-corrected chi connectivity index (χ1v) is 12.2. The number of hydrogen-bond donors (Lipinski definition) is 0. The molecule has 0 heterocycles. The number of rotatable bonds is 11. The van der Waals surface area contributed by atoms with Crippen LogP contribution in [-0.2, 0) is 13.2 Å². The Hall–Kier alpha value is -4.58. The Labute approximate surface area is 222 Å². The summed E-state index contributed by atoms with van der Waals surface area (Å²) >= 11 is 0. The number of aldehydes is 2. The lowest BCUT2D eigenvalue weighted by atomic mass is 9.92. The minimum Gasteiger partial charge on any atom is -0.493 e. The topological polar surface area (TPSA) is 71.1 Å². The zero-order valence-corrected chi connectivity index (χ0v) is 21.9. The van der Waals surface area contributed by atoms with E-state index in [1.807, 2.05) is 24.3 Å². The van der Waals surface area contributed by atoms with Crippen LogP contribution in [0, 0.1) is 13.8 Å². The van der Waals surface area contributed by atoms with Gasteiger partial charge in [0.05, 0.1) is 14.2 Å². The largest absolute Gasteiger partial charge is 0.493 e. The Bertz CT molecular complexity index is 1350. The van der Waals surface area contributed by atoms with Crippen molar-refractivity contribution in [2.24, 2.45) is 0 Å². The van der Waals surface area contributed by atoms with Crippen LogP contribution in [0.3, 0.4) is 0 Å². The van der Waals surface area contributed by atoms with Gasteiger partial charge in [-0.1, -0.05) is 36.4 Å². The van der Waals surface area contributed by atoms with Crippen molar-refractivity contribution >= 4 is 12.6 Å². The molecule has 0 saturated heterocycles. The van der Waals surface area contributed by atoms with Crippen molar-refractivity contribution in [3.05, 3.63) is 106 Å². The second-order valence-corrected chi connectivity index (χ2v) is 8.81. The van der Waals surface area contributed by atoms with Gasteiger partial charge < -0.3 is 18.9 Å². The molecule has 4 aromatic carbocycles. The lowest BCUT2D eigenvalue weighted by Crippen LogP contribution is -2.03. The van der Waals surface area contributed by atoms with Crippen molar-refractivity contribution in [1.82, 2.24) is 0 Å². The summed E-state index contributed by atoms with van der Waals surface area (Å²) in [6.07, 6.45) is 1.56. The minimum atomic E-state index is 0.356. The Morgan fingerprint density at radius 3 is 1.37 bits per heavy atom. The molecule has 0 saturated carbocycles. The molecule has 6 nitrogen and oxygen atoms in total. The number of ether oxygens (including phenoxy) is 4. The van der Waals surface area contributed by atoms with E-state index in [0.717, 1.165) is 46.0 Å². The molecule has 0 unspecified atom stereocenters. The molecule has 0 N–H and O–H groups in total. The van der Waals surface area contributed by atoms with Crippen molar-refractivity contribution in [2.45, 2.75) is 27.1 Å². The van der Waals surface area contributed by atoms with E-state index >= 15 is 0 Å². The van der Waals surface area contributed by atoms with E-state index in [-0.39, 0.29) is 0 Å². The van der Waals surface area contributed by atoms with Crippen LogP contribution in [0.5, 0.6) is 23.0 Å². The van der Waals surface area contributed by atoms with E-state index in [1.54, 1.807) is 50.6 Å². The van der Waals surface area contributed by atoms with Crippen LogP contribution in [0.4, 0.5) is 0 Å². The second-order valence-electron chi connectivity index (χ2n) is 8.81. The van der Waals surface area contributed by atoms with Gasteiger partial charge >= 0.3 is 0 Å². The molecule has 0 atom stereocenters. The van der Waals surface area contributed by atoms with E-state index in [4.69, 9.17) is 18.9 Å². The molecule has 0 fully saturated rings. The van der Waals surface area contributed by atoms with Crippen molar-refractivity contribution in [3.8, 4) is 34.1 Å². The Kier molecular flexibility index (Phi) is 8.44. The highest BCUT2D eigenvalue weighted by molar-refractivity contribution is 5.77. The molecule has 0 amide bonds. The molecular weight excluding hydrogens is 480 g/mol. The van der Waals surface area contributed by atoms with E-state index in [9.17, 15) is 9.59 Å². The molecule has 0 aromatic heterocycles. The van der Waals surface area contributed by atoms with Gasteiger partial charge in [-0.05, 0) is 83.6 Å². The molecule has 194 valence electrons. The third-order valence-electron chi connectivity index (χ3n) is 6.60. The predicted molar refractivity (Wildman–Crippen MR) is 147 cm³/mol. The number of methoxy groups -OCH3 is 2. The molecule has 6 heteroatoms. The predicted octanol–water partition coefficient (Wildman–Crippen LogP) is 6.77. The van der Waals surface area contributed by atoms with Crippen LogP contribution in [0.1, 0.15) is 43.0 Å². The summed E-state index contributed by atoms with van der Waals surface area (Å²) in [6, 6.07) is 22.6. The molecule has 0 spiro atoms. The van der Waals surface area contributed by atoms with Crippen molar-refractivity contribution in [3.63, 3.8) is 0 Å². The molecule has 38 heavy (non-hydrogen) atoms. The highest BCUT2D eigenvalue weighted by Gasteiger charge is 2.14. The van der Waals surface area contributed by atoms with Crippen LogP contribution in [-0.4, -0.2) is 26.8 Å². The van der Waals surface area contributed by atoms with Gasteiger partial charge in [-0.2, -0.15) is 0 Å². The Balaban J connectivity index is 1.55. The normalized spacial score (nSPS) is 10.5. The zero-order valence-electron chi connectivity index (χ0n) is 21.9. The fourth-order valence-electron chi connectivity index (χ4n) is 4.33. The SMILES string of the molecule is COc1cc(C=O)ccc1OCc1cccc(-c2cccc(COc3ccc(C=O)cc3OC)c2C)c1C. The molecule has 0 radical (unpaired) electrons. The van der Waals surface area contributed by atoms with Gasteiger partial charge in [0, 0.05) is 11.1 Å². The van der Waals surface area contributed by atoms with Gasteiger partial charge in [0.2, 0.25) is 0 Å². The number of carbonyl (C=O) groups excluding carboxylic acids is 2. The summed E-state index contributed by atoms with van der Waals surface area (Å²) in [4.78, 5) is 22.2. The number of benzene rings is 4. The first kappa shape index (κ1) is 26.5. The van der Waals surface area contributed by atoms with Crippen LogP contribution in [0.15, 0.2) is 72.8 Å². The van der Waals surface area contributed by atoms with Crippen LogP contribution < -0.4 is 18.9 Å². The Morgan fingerprint density at radius 1 is 0.579 bits per heavy atom. The molecule has 0 aliphatic rings. The van der Waals surface area contributed by atoms with Gasteiger partial charge in [0.25, 0.3) is 0 Å². The van der Waals surface area contributed by atoms with Crippen molar-refractivity contribution in [1.29, 1.82) is 0 Å². The summed E-state index contributed by atoms with van der Waals surface area (Å²) in [5, 5.41) is 0. The summed E-state index contributed by atoms with van der Waals surface area (Å²) < 4.78 is 22.9. The standard InChI is InChI=1S/C32H30O6/c1-21-25(19-37-29-13-11-23(17-33)15-31(29)35-3)7-5-9-27(21)28-10-6-8-26(22(28)2)20-38-30-14-12-24(18-34)16-32(30)36-4/h5-18H,19-20H2,1-4H3. The number of carbonyl (C=O) groups is 2. The van der Waals surface area contributed by atoms with E-state index in [2.05, 4.69) is 26.0 Å². The summed E-state index contributed by atoms with van der Waals surface area (Å²) in [7, 11) is 3.11. The minimum absolute atomic E-state index is 0.356. The molecule has 0 bridgehead atoms. The van der Waals surface area contributed by atoms with Crippen LogP contribution in [0.25, 0.3) is 11.1 Å². The average Bonchev–Trinajstić information content (AvgIpc) is 2.96. The van der Waals surface area contributed by atoms with Gasteiger partial charge in [-0.3, -0.25) is 9.59 Å². The molecular formula is C32H30O6. The van der Waals surface area contributed by atoms with Gasteiger partial charge in [0.1, 0.15) is 25.8 Å². The quantitative estimate of drug-likeness (QED) is 0.207. The van der Waals surface area contributed by atoms with Crippen LogP contribution >= 0.6 is 0 Å². The fraction of sp³-hybridized carbons (Fsp3) is 0.188. The monoisotopic (exact) mass is 510 g/mol. The van der Waals surface area contributed by atoms with Crippen molar-refractivity contribution < 1.29 is 28.5 Å². The van der Waals surface area contributed by atoms with E-state index in [0.29, 0.717) is 47.3 Å². The zero-order chi connectivity index (χ0) is 27.1. The van der Waals surface area contributed by atoms with Gasteiger partial charge in [-0.25, -0.2) is 0 Å². The van der Waals surface area contributed by atoms with E-state index in [1.165, 1.54) is 0 Å². The third kappa shape index (κ3) is 5.70. The van der Waals surface area contributed by atoms with Gasteiger partial charge in [0.15, 0.2) is 23.0 Å². The van der Waals surface area contributed by atoms with Crippen molar-refractivity contribution in [2.75, 3.05) is 14.2 Å². The highest BCUT2D eigenvalue weighted by Crippen LogP contribution is 2.34. The van der Waals surface area contributed by atoms with Crippen LogP contribution in [0.2, 0.25) is 0 Å². The average molecular weight is 511 g/mol. The summed E-state index contributed by atoms with van der Waals surface area (Å²) in [5.74, 6) is 2.19. The molecule has 4 rings (SSSR count). The lowest BCUT2D eigenvalue weighted by molar-refractivity contribution is 0.111. The maximum absolute atomic E-state index is 11.1. The summed E-state index contributed by atoms with van der Waals surface area (Å²) in [6.45, 7) is 4.88. The molecule has 0 aliphatic heterocycles. The summed E-state index contributed by atoms with van der Waals surface area (Å²) in [5.41, 5.74) is 7.61. The Morgan fingerprint density at radius 2 is 1.00 bits per heavy atom. The maximum Gasteiger partial charge on any atom is 0.161 e. The molecule has 4 aromatic rings. The molecule has 0 aliphatic carbocycles.